The Labute approximate surface area is 194 Å². The van der Waals surface area contributed by atoms with Crippen molar-refractivity contribution < 1.29 is 4.79 Å². The number of amides is 1. The van der Waals surface area contributed by atoms with Crippen LogP contribution >= 0.6 is 11.8 Å². The maximum Gasteiger partial charge on any atom is 0.221 e. The summed E-state index contributed by atoms with van der Waals surface area (Å²) < 4.78 is 0. The van der Waals surface area contributed by atoms with Crippen molar-refractivity contribution in [2.75, 3.05) is 43.4 Å². The lowest BCUT2D eigenvalue weighted by Crippen LogP contribution is -2.30. The molecule has 2 heterocycles. The Morgan fingerprint density at radius 1 is 1.12 bits per heavy atom. The van der Waals surface area contributed by atoms with Crippen molar-refractivity contribution in [1.29, 1.82) is 10.5 Å². The number of thioether (sulfide) groups is 1. The van der Waals surface area contributed by atoms with Gasteiger partial charge in [-0.25, -0.2) is 4.98 Å². The van der Waals surface area contributed by atoms with Gasteiger partial charge in [-0.1, -0.05) is 19.1 Å². The molecule has 0 radical (unpaired) electrons. The first-order valence-corrected chi connectivity index (χ1v) is 11.7. The molecule has 0 unspecified atom stereocenters. The third-order valence-corrected chi connectivity index (χ3v) is 6.54. The van der Waals surface area contributed by atoms with E-state index in [9.17, 15) is 15.3 Å². The number of rotatable bonds is 6. The Balaban J connectivity index is 1.91. The quantitative estimate of drug-likeness (QED) is 0.672. The normalized spacial score (nSPS) is 14.3. The lowest BCUT2D eigenvalue weighted by atomic mass is 10.0. The van der Waals surface area contributed by atoms with Crippen LogP contribution in [0.5, 0.6) is 0 Å². The number of anilines is 2. The molecule has 0 spiro atoms. The molecule has 1 aliphatic heterocycles. The fraction of sp³-hybridized carbons (Fsp3) is 0.417. The third-order valence-electron chi connectivity index (χ3n) is 5.49. The zero-order valence-electron chi connectivity index (χ0n) is 18.8. The molecular weight excluding hydrogens is 420 g/mol. The molecule has 0 bridgehead atoms. The summed E-state index contributed by atoms with van der Waals surface area (Å²) >= 11 is 1.51. The average molecular weight is 449 g/mol. The van der Waals surface area contributed by atoms with Gasteiger partial charge in [0.2, 0.25) is 5.91 Å². The summed E-state index contributed by atoms with van der Waals surface area (Å²) in [6, 6.07) is 12.3. The molecule has 1 aromatic carbocycles. The van der Waals surface area contributed by atoms with E-state index in [-0.39, 0.29) is 5.91 Å². The van der Waals surface area contributed by atoms with Crippen LogP contribution in [0, 0.1) is 22.7 Å². The zero-order valence-corrected chi connectivity index (χ0v) is 19.6. The van der Waals surface area contributed by atoms with Crippen molar-refractivity contribution in [1.82, 2.24) is 9.88 Å². The minimum atomic E-state index is -0.105. The largest absolute Gasteiger partial charge is 0.354 e. The van der Waals surface area contributed by atoms with E-state index < -0.39 is 0 Å². The number of nitrogens with zero attached hydrogens (tertiary/aromatic N) is 5. The monoisotopic (exact) mass is 448 g/mol. The maximum atomic E-state index is 11.2. The van der Waals surface area contributed by atoms with Crippen LogP contribution in [0.25, 0.3) is 0 Å². The molecule has 7 nitrogen and oxygen atoms in total. The molecule has 0 saturated carbocycles. The number of benzene rings is 1. The van der Waals surface area contributed by atoms with Gasteiger partial charge >= 0.3 is 0 Å². The fourth-order valence-corrected chi connectivity index (χ4v) is 4.77. The van der Waals surface area contributed by atoms with Crippen molar-refractivity contribution in [2.24, 2.45) is 0 Å². The Morgan fingerprint density at radius 3 is 2.47 bits per heavy atom. The number of carbonyl (C=O) groups excluding carboxylic acids is 1. The number of likely N-dealkylation sites (N-methyl/N-ethyl adjacent to an activating group) is 1. The second-order valence-corrected chi connectivity index (χ2v) is 8.82. The summed E-state index contributed by atoms with van der Waals surface area (Å²) in [5.74, 6) is 1.23. The van der Waals surface area contributed by atoms with Gasteiger partial charge in [0, 0.05) is 38.0 Å². The minimum Gasteiger partial charge on any atom is -0.354 e. The van der Waals surface area contributed by atoms with E-state index in [0.29, 0.717) is 34.1 Å². The van der Waals surface area contributed by atoms with E-state index in [0.717, 1.165) is 49.4 Å². The van der Waals surface area contributed by atoms with Gasteiger partial charge in [0.1, 0.15) is 23.0 Å². The molecule has 1 N–H and O–H groups in total. The summed E-state index contributed by atoms with van der Waals surface area (Å²) in [6.45, 7) is 7.04. The highest BCUT2D eigenvalue weighted by Gasteiger charge is 2.24. The Morgan fingerprint density at radius 2 is 1.84 bits per heavy atom. The molecule has 8 heteroatoms. The van der Waals surface area contributed by atoms with Gasteiger partial charge in [0.25, 0.3) is 0 Å². The van der Waals surface area contributed by atoms with Crippen molar-refractivity contribution >= 4 is 29.2 Å². The van der Waals surface area contributed by atoms with Crippen LogP contribution in [0.15, 0.2) is 29.3 Å². The Kier molecular flexibility index (Phi) is 8.10. The number of nitrogens with one attached hydrogen (secondary N) is 1. The molecule has 1 saturated heterocycles. The van der Waals surface area contributed by atoms with Crippen LogP contribution in [0.2, 0.25) is 0 Å². The average Bonchev–Trinajstić information content (AvgIpc) is 3.01. The highest BCUT2D eigenvalue weighted by atomic mass is 32.2. The van der Waals surface area contributed by atoms with Crippen molar-refractivity contribution in [3.63, 3.8) is 0 Å². The predicted octanol–water partition coefficient (Wildman–Crippen LogP) is 3.78. The van der Waals surface area contributed by atoms with Gasteiger partial charge < -0.3 is 15.1 Å². The lowest BCUT2D eigenvalue weighted by molar-refractivity contribution is -0.114. The lowest BCUT2D eigenvalue weighted by Gasteiger charge is -2.25. The molecule has 3 rings (SSSR count). The van der Waals surface area contributed by atoms with Crippen LogP contribution in [0.3, 0.4) is 0 Å². The van der Waals surface area contributed by atoms with E-state index in [2.05, 4.69) is 34.3 Å². The summed E-state index contributed by atoms with van der Waals surface area (Å²) in [7, 11) is 2.11. The Bertz CT molecular complexity index is 1050. The van der Waals surface area contributed by atoms with E-state index >= 15 is 0 Å². The minimum absolute atomic E-state index is 0.105. The van der Waals surface area contributed by atoms with E-state index in [4.69, 9.17) is 4.98 Å². The number of hydrogen-bond donors (Lipinski definition) is 1. The molecule has 1 aliphatic rings. The number of hydrogen-bond acceptors (Lipinski definition) is 7. The van der Waals surface area contributed by atoms with Crippen LogP contribution in [-0.2, 0) is 17.0 Å². The highest BCUT2D eigenvalue weighted by Crippen LogP contribution is 2.34. The van der Waals surface area contributed by atoms with Crippen LogP contribution in [-0.4, -0.2) is 49.0 Å². The van der Waals surface area contributed by atoms with Crippen LogP contribution < -0.4 is 10.2 Å². The maximum absolute atomic E-state index is 11.2. The molecule has 0 aliphatic carbocycles. The Hall–Kier alpha value is -3.07. The van der Waals surface area contributed by atoms with E-state index in [1.807, 2.05) is 31.2 Å². The molecule has 32 heavy (non-hydrogen) atoms. The van der Waals surface area contributed by atoms with Crippen molar-refractivity contribution in [3.8, 4) is 12.1 Å². The van der Waals surface area contributed by atoms with Crippen LogP contribution in [0.1, 0.15) is 42.5 Å². The standard InChI is InChI=1S/C24H28N6OS/c1-4-20-21(14-25)23(30-11-5-10-29(3)12-13-30)28-24(22(20)15-26)32-16-18-6-8-19(9-7-18)27-17(2)31/h6-9H,4-5,10-13,16H2,1-3H3,(H,27,31). The number of nitriles is 2. The molecule has 166 valence electrons. The second kappa shape index (κ2) is 11.0. The molecular formula is C24H28N6OS. The predicted molar refractivity (Wildman–Crippen MR) is 128 cm³/mol. The molecule has 0 atom stereocenters. The topological polar surface area (TPSA) is 96.0 Å². The molecule has 2 aromatic rings. The van der Waals surface area contributed by atoms with Crippen molar-refractivity contribution in [2.45, 2.75) is 37.5 Å². The molecule has 1 aromatic heterocycles. The van der Waals surface area contributed by atoms with Gasteiger partial charge in [-0.05, 0) is 49.7 Å². The van der Waals surface area contributed by atoms with Gasteiger partial charge in [0.15, 0.2) is 0 Å². The summed E-state index contributed by atoms with van der Waals surface area (Å²) in [6.07, 6.45) is 1.61. The second-order valence-electron chi connectivity index (χ2n) is 7.86. The first-order chi connectivity index (χ1) is 15.5. The zero-order chi connectivity index (χ0) is 23.1. The van der Waals surface area contributed by atoms with Crippen LogP contribution in [0.4, 0.5) is 11.5 Å². The molecule has 1 amide bonds. The molecule has 1 fully saturated rings. The SMILES string of the molecule is CCc1c(C#N)c(SCc2ccc(NC(C)=O)cc2)nc(N2CCCN(C)CC2)c1C#N. The summed E-state index contributed by atoms with van der Waals surface area (Å²) in [5.41, 5.74) is 3.62. The van der Waals surface area contributed by atoms with Gasteiger partial charge in [-0.15, -0.1) is 11.8 Å². The third kappa shape index (κ3) is 5.59. The van der Waals surface area contributed by atoms with Gasteiger partial charge in [-0.2, -0.15) is 10.5 Å². The first kappa shape index (κ1) is 23.6. The number of carbonyl (C=O) groups is 1. The van der Waals surface area contributed by atoms with Gasteiger partial charge in [0.05, 0.1) is 11.1 Å². The number of aromatic nitrogens is 1. The van der Waals surface area contributed by atoms with E-state index in [1.54, 1.807) is 0 Å². The van der Waals surface area contributed by atoms with Crippen molar-refractivity contribution in [3.05, 3.63) is 46.5 Å². The summed E-state index contributed by atoms with van der Waals surface area (Å²) in [5, 5.41) is 23.2. The highest BCUT2D eigenvalue weighted by molar-refractivity contribution is 7.98. The smallest absolute Gasteiger partial charge is 0.221 e. The van der Waals surface area contributed by atoms with Gasteiger partial charge in [-0.3, -0.25) is 4.79 Å². The van der Waals surface area contributed by atoms with E-state index in [1.165, 1.54) is 18.7 Å². The fourth-order valence-electron chi connectivity index (χ4n) is 3.81. The first-order valence-electron chi connectivity index (χ1n) is 10.8. The summed E-state index contributed by atoms with van der Waals surface area (Å²) in [4.78, 5) is 20.5. The number of pyridine rings is 1.